The monoisotopic (exact) mass is 351 g/mol. The van der Waals surface area contributed by atoms with Gasteiger partial charge in [-0.1, -0.05) is 13.0 Å². The summed E-state index contributed by atoms with van der Waals surface area (Å²) in [6, 6.07) is 3.92. The minimum absolute atomic E-state index is 0.0557. The number of carbonyl (C=O) groups is 2. The molecule has 5 nitrogen and oxygen atoms in total. The second kappa shape index (κ2) is 10.3. The Bertz CT molecular complexity index is 496. The van der Waals surface area contributed by atoms with Crippen LogP contribution in [0.2, 0.25) is 0 Å². The van der Waals surface area contributed by atoms with Crippen LogP contribution < -0.4 is 16.0 Å². The van der Waals surface area contributed by atoms with E-state index < -0.39 is 0 Å². The molecule has 6 heteroatoms. The molecule has 3 N–H and O–H groups in total. The second-order valence-electron chi connectivity index (χ2n) is 6.58. The van der Waals surface area contributed by atoms with Crippen molar-refractivity contribution in [1.82, 2.24) is 16.0 Å². The van der Waals surface area contributed by atoms with Gasteiger partial charge in [-0.25, -0.2) is 4.79 Å². The quantitative estimate of drug-likeness (QED) is 0.674. The molecule has 2 rings (SSSR count). The molecule has 24 heavy (non-hydrogen) atoms. The van der Waals surface area contributed by atoms with E-state index in [-0.39, 0.29) is 11.9 Å². The van der Waals surface area contributed by atoms with Gasteiger partial charge in [0.05, 0.1) is 6.42 Å². The molecule has 0 atom stereocenters. The third-order valence-corrected chi connectivity index (χ3v) is 5.43. The molecule has 0 bridgehead atoms. The number of nitrogens with one attached hydrogen (secondary N) is 3. The highest BCUT2D eigenvalue weighted by Gasteiger charge is 2.22. The summed E-state index contributed by atoms with van der Waals surface area (Å²) in [6.45, 7) is 4.30. The fraction of sp³-hybridized carbons (Fsp3) is 0.667. The second-order valence-corrected chi connectivity index (χ2v) is 7.62. The first-order valence-corrected chi connectivity index (χ1v) is 9.86. The first kappa shape index (κ1) is 18.8. The highest BCUT2D eigenvalue weighted by Crippen LogP contribution is 2.27. The molecule has 1 saturated carbocycles. The number of amides is 3. The van der Waals surface area contributed by atoms with E-state index in [2.05, 4.69) is 16.0 Å². The van der Waals surface area contributed by atoms with E-state index in [1.54, 1.807) is 11.3 Å². The average molecular weight is 352 g/mol. The molecular formula is C18H29N3O2S. The zero-order valence-corrected chi connectivity index (χ0v) is 15.3. The largest absolute Gasteiger partial charge is 0.356 e. The summed E-state index contributed by atoms with van der Waals surface area (Å²) in [5.74, 6) is 1.26. The van der Waals surface area contributed by atoms with E-state index in [4.69, 9.17) is 0 Å². The van der Waals surface area contributed by atoms with Crippen molar-refractivity contribution in [3.63, 3.8) is 0 Å². The molecule has 0 aliphatic heterocycles. The Morgan fingerprint density at radius 1 is 1.08 bits per heavy atom. The summed E-state index contributed by atoms with van der Waals surface area (Å²) < 4.78 is 0. The zero-order valence-electron chi connectivity index (χ0n) is 14.5. The number of hydrogen-bond acceptors (Lipinski definition) is 3. The SMILES string of the molecule is CCCNC(=O)NCC1CCC(CNC(=O)Cc2cccs2)CC1. The Hall–Kier alpha value is -1.56. The molecule has 1 aliphatic carbocycles. The molecule has 0 aromatic carbocycles. The zero-order chi connectivity index (χ0) is 17.2. The molecular weight excluding hydrogens is 322 g/mol. The highest BCUT2D eigenvalue weighted by atomic mass is 32.1. The highest BCUT2D eigenvalue weighted by molar-refractivity contribution is 7.10. The number of rotatable bonds is 8. The van der Waals surface area contributed by atoms with Gasteiger partial charge in [-0.15, -0.1) is 11.3 Å². The average Bonchev–Trinajstić information content (AvgIpc) is 3.10. The fourth-order valence-corrected chi connectivity index (χ4v) is 3.77. The van der Waals surface area contributed by atoms with Gasteiger partial charge in [0, 0.05) is 24.5 Å². The molecule has 0 unspecified atom stereocenters. The van der Waals surface area contributed by atoms with Crippen LogP contribution in [-0.2, 0) is 11.2 Å². The third-order valence-electron chi connectivity index (χ3n) is 4.56. The molecule has 134 valence electrons. The first-order valence-electron chi connectivity index (χ1n) is 8.98. The lowest BCUT2D eigenvalue weighted by Crippen LogP contribution is -2.39. The lowest BCUT2D eigenvalue weighted by atomic mass is 9.82. The van der Waals surface area contributed by atoms with Gasteiger partial charge in [-0.2, -0.15) is 0 Å². The lowest BCUT2D eigenvalue weighted by Gasteiger charge is -2.28. The van der Waals surface area contributed by atoms with Crippen molar-refractivity contribution in [2.75, 3.05) is 19.6 Å². The first-order chi connectivity index (χ1) is 11.7. The Morgan fingerprint density at radius 2 is 1.75 bits per heavy atom. The summed E-state index contributed by atoms with van der Waals surface area (Å²) in [7, 11) is 0. The molecule has 0 radical (unpaired) electrons. The molecule has 0 saturated heterocycles. The Balaban J connectivity index is 1.55. The van der Waals surface area contributed by atoms with Gasteiger partial charge in [0.15, 0.2) is 0 Å². The van der Waals surface area contributed by atoms with Crippen LogP contribution in [0.5, 0.6) is 0 Å². The number of thiophene rings is 1. The van der Waals surface area contributed by atoms with Crippen LogP contribution in [0.3, 0.4) is 0 Å². The van der Waals surface area contributed by atoms with Crippen LogP contribution >= 0.6 is 11.3 Å². The topological polar surface area (TPSA) is 70.2 Å². The summed E-state index contributed by atoms with van der Waals surface area (Å²) in [4.78, 5) is 24.6. The van der Waals surface area contributed by atoms with Crippen LogP contribution in [-0.4, -0.2) is 31.6 Å². The summed E-state index contributed by atoms with van der Waals surface area (Å²) in [5.41, 5.74) is 0. The fourth-order valence-electron chi connectivity index (χ4n) is 3.07. The van der Waals surface area contributed by atoms with Crippen LogP contribution in [0, 0.1) is 11.8 Å². The van der Waals surface area contributed by atoms with Crippen molar-refractivity contribution in [2.24, 2.45) is 11.8 Å². The normalized spacial score (nSPS) is 20.4. The van der Waals surface area contributed by atoms with Crippen molar-refractivity contribution < 1.29 is 9.59 Å². The van der Waals surface area contributed by atoms with Gasteiger partial charge < -0.3 is 16.0 Å². The van der Waals surface area contributed by atoms with Crippen LogP contribution in [0.1, 0.15) is 43.9 Å². The molecule has 1 aliphatic rings. The molecule has 1 aromatic heterocycles. The van der Waals surface area contributed by atoms with Crippen LogP contribution in [0.4, 0.5) is 4.79 Å². The van der Waals surface area contributed by atoms with Gasteiger partial charge >= 0.3 is 6.03 Å². The predicted molar refractivity (Wildman–Crippen MR) is 98.2 cm³/mol. The van der Waals surface area contributed by atoms with E-state index in [0.717, 1.165) is 56.6 Å². The van der Waals surface area contributed by atoms with E-state index in [1.807, 2.05) is 24.4 Å². The van der Waals surface area contributed by atoms with Gasteiger partial charge in [0.1, 0.15) is 0 Å². The summed E-state index contributed by atoms with van der Waals surface area (Å²) in [5, 5.41) is 10.9. The number of carbonyl (C=O) groups excluding carboxylic acids is 2. The van der Waals surface area contributed by atoms with Crippen molar-refractivity contribution in [3.05, 3.63) is 22.4 Å². The lowest BCUT2D eigenvalue weighted by molar-refractivity contribution is -0.120. The van der Waals surface area contributed by atoms with E-state index in [9.17, 15) is 9.59 Å². The molecule has 1 heterocycles. The Labute approximate surface area is 148 Å². The van der Waals surface area contributed by atoms with E-state index in [0.29, 0.717) is 18.3 Å². The van der Waals surface area contributed by atoms with Crippen LogP contribution in [0.15, 0.2) is 17.5 Å². The number of hydrogen-bond donors (Lipinski definition) is 3. The van der Waals surface area contributed by atoms with Crippen molar-refractivity contribution in [1.29, 1.82) is 0 Å². The van der Waals surface area contributed by atoms with Gasteiger partial charge in [0.25, 0.3) is 0 Å². The van der Waals surface area contributed by atoms with Gasteiger partial charge in [0.2, 0.25) is 5.91 Å². The van der Waals surface area contributed by atoms with Gasteiger partial charge in [-0.3, -0.25) is 4.79 Å². The minimum atomic E-state index is -0.0557. The third kappa shape index (κ3) is 6.91. The van der Waals surface area contributed by atoms with Crippen LogP contribution in [0.25, 0.3) is 0 Å². The maximum atomic E-state index is 11.9. The minimum Gasteiger partial charge on any atom is -0.356 e. The maximum absolute atomic E-state index is 11.9. The summed E-state index contributed by atoms with van der Waals surface area (Å²) >= 11 is 1.63. The molecule has 0 spiro atoms. The molecule has 1 fully saturated rings. The van der Waals surface area contributed by atoms with E-state index >= 15 is 0 Å². The molecule has 1 aromatic rings. The Morgan fingerprint density at radius 3 is 2.33 bits per heavy atom. The predicted octanol–water partition coefficient (Wildman–Crippen LogP) is 2.92. The maximum Gasteiger partial charge on any atom is 0.314 e. The molecule has 3 amide bonds. The van der Waals surface area contributed by atoms with Crippen molar-refractivity contribution >= 4 is 23.3 Å². The van der Waals surface area contributed by atoms with Crippen molar-refractivity contribution in [3.8, 4) is 0 Å². The smallest absolute Gasteiger partial charge is 0.314 e. The van der Waals surface area contributed by atoms with E-state index in [1.165, 1.54) is 0 Å². The van der Waals surface area contributed by atoms with Gasteiger partial charge in [-0.05, 0) is 55.4 Å². The standard InChI is InChI=1S/C18H29N3O2S/c1-2-9-19-18(23)21-13-15-7-5-14(6-8-15)12-20-17(22)11-16-4-3-10-24-16/h3-4,10,14-15H,2,5-9,11-13H2,1H3,(H,20,22)(H2,19,21,23). The number of urea groups is 1. The van der Waals surface area contributed by atoms with Crippen molar-refractivity contribution in [2.45, 2.75) is 45.4 Å². The Kier molecular flexibility index (Phi) is 8.08. The summed E-state index contributed by atoms with van der Waals surface area (Å²) in [6.07, 6.45) is 5.95.